The van der Waals surface area contributed by atoms with E-state index in [2.05, 4.69) is 12.2 Å². The van der Waals surface area contributed by atoms with Crippen molar-refractivity contribution in [3.05, 3.63) is 71.6 Å². The largest absolute Gasteiger partial charge is 0.322 e. The van der Waals surface area contributed by atoms with Gasteiger partial charge < -0.3 is 5.32 Å². The van der Waals surface area contributed by atoms with Crippen LogP contribution in [0.4, 0.5) is 5.69 Å². The number of anilines is 1. The number of amides is 1. The van der Waals surface area contributed by atoms with Crippen LogP contribution in [-0.2, 0) is 4.79 Å². The Morgan fingerprint density at radius 3 is 2.29 bits per heavy atom. The molecule has 0 unspecified atom stereocenters. The van der Waals surface area contributed by atoms with E-state index in [0.29, 0.717) is 0 Å². The minimum atomic E-state index is -0.0218. The van der Waals surface area contributed by atoms with E-state index < -0.39 is 0 Å². The fourth-order valence-electron chi connectivity index (χ4n) is 1.87. The minimum Gasteiger partial charge on any atom is -0.322 e. The molecule has 2 aromatic rings. The third kappa shape index (κ3) is 5.12. The van der Waals surface area contributed by atoms with Crippen molar-refractivity contribution in [3.63, 3.8) is 0 Å². The van der Waals surface area contributed by atoms with E-state index in [1.807, 2.05) is 66.1 Å². The zero-order chi connectivity index (χ0) is 14.9. The Bertz CT molecular complexity index is 593. The zero-order valence-electron chi connectivity index (χ0n) is 12.1. The summed E-state index contributed by atoms with van der Waals surface area (Å²) in [5.74, 6) is -0.0218. The summed E-state index contributed by atoms with van der Waals surface area (Å²) in [6.45, 7) is 2.08. The first-order valence-electron chi connectivity index (χ1n) is 7.06. The molecule has 0 aliphatic heterocycles. The molecule has 2 nitrogen and oxygen atoms in total. The van der Waals surface area contributed by atoms with Crippen LogP contribution in [0.5, 0.6) is 0 Å². The van der Waals surface area contributed by atoms with Gasteiger partial charge in [-0.1, -0.05) is 61.5 Å². The number of thioether (sulfide) groups is 1. The van der Waals surface area contributed by atoms with Gasteiger partial charge in [-0.05, 0) is 36.1 Å². The van der Waals surface area contributed by atoms with Gasteiger partial charge in [-0.25, -0.2) is 0 Å². The molecule has 1 amide bonds. The molecule has 21 heavy (non-hydrogen) atoms. The number of carbonyl (C=O) groups is 1. The third-order valence-electron chi connectivity index (χ3n) is 2.92. The van der Waals surface area contributed by atoms with Crippen LogP contribution in [0.3, 0.4) is 0 Å². The number of rotatable bonds is 6. The summed E-state index contributed by atoms with van der Waals surface area (Å²) >= 11 is 1.58. The first-order chi connectivity index (χ1) is 10.3. The van der Waals surface area contributed by atoms with Gasteiger partial charge >= 0.3 is 0 Å². The highest BCUT2D eigenvalue weighted by Crippen LogP contribution is 2.22. The van der Waals surface area contributed by atoms with Crippen molar-refractivity contribution in [2.45, 2.75) is 24.7 Å². The molecule has 0 aliphatic carbocycles. The highest BCUT2D eigenvalue weighted by Gasteiger charge is 2.09. The van der Waals surface area contributed by atoms with Crippen molar-refractivity contribution in [1.29, 1.82) is 0 Å². The Morgan fingerprint density at radius 1 is 1.05 bits per heavy atom. The van der Waals surface area contributed by atoms with Gasteiger partial charge in [0.05, 0.1) is 0 Å². The maximum absolute atomic E-state index is 12.3. The summed E-state index contributed by atoms with van der Waals surface area (Å²) in [6, 6.07) is 19.6. The van der Waals surface area contributed by atoms with Crippen LogP contribution in [0.2, 0.25) is 0 Å². The highest BCUT2D eigenvalue weighted by atomic mass is 32.2. The van der Waals surface area contributed by atoms with Gasteiger partial charge in [-0.2, -0.15) is 0 Å². The highest BCUT2D eigenvalue weighted by molar-refractivity contribution is 8.02. The number of carbonyl (C=O) groups excluding carboxylic acids is 1. The standard InChI is InChI=1S/C18H19NOS/c1-2-9-15(14-21-17-12-7-4-8-13-17)18(20)19-16-10-5-3-6-11-16/h3-8,10-14H,2,9H2,1H3,(H,19,20)/b15-14-. The van der Waals surface area contributed by atoms with Crippen molar-refractivity contribution in [2.24, 2.45) is 0 Å². The lowest BCUT2D eigenvalue weighted by Crippen LogP contribution is -2.14. The average molecular weight is 297 g/mol. The molecule has 0 atom stereocenters. The number of benzene rings is 2. The van der Waals surface area contributed by atoms with Crippen LogP contribution < -0.4 is 5.32 Å². The molecule has 3 heteroatoms. The lowest BCUT2D eigenvalue weighted by Gasteiger charge is -2.08. The van der Waals surface area contributed by atoms with Crippen molar-refractivity contribution >= 4 is 23.4 Å². The lowest BCUT2D eigenvalue weighted by atomic mass is 10.1. The first-order valence-corrected chi connectivity index (χ1v) is 7.94. The molecule has 0 aromatic heterocycles. The van der Waals surface area contributed by atoms with E-state index in [1.54, 1.807) is 11.8 Å². The Hall–Kier alpha value is -2.00. The maximum atomic E-state index is 12.3. The molecule has 0 aliphatic rings. The van der Waals surface area contributed by atoms with E-state index in [0.717, 1.165) is 29.0 Å². The summed E-state index contributed by atoms with van der Waals surface area (Å²) in [5, 5.41) is 4.90. The van der Waals surface area contributed by atoms with Gasteiger partial charge in [0.25, 0.3) is 5.91 Å². The smallest absolute Gasteiger partial charge is 0.252 e. The van der Waals surface area contributed by atoms with Crippen LogP contribution in [0.15, 0.2) is 76.5 Å². The minimum absolute atomic E-state index is 0.0218. The molecule has 0 bridgehead atoms. The summed E-state index contributed by atoms with van der Waals surface area (Å²) in [7, 11) is 0. The normalized spacial score (nSPS) is 11.2. The predicted molar refractivity (Wildman–Crippen MR) is 90.4 cm³/mol. The van der Waals surface area contributed by atoms with Crippen LogP contribution in [-0.4, -0.2) is 5.91 Å². The van der Waals surface area contributed by atoms with E-state index in [4.69, 9.17) is 0 Å². The van der Waals surface area contributed by atoms with Gasteiger partial charge in [-0.3, -0.25) is 4.79 Å². The second-order valence-electron chi connectivity index (χ2n) is 4.64. The fourth-order valence-corrected chi connectivity index (χ4v) is 2.68. The number of hydrogen-bond donors (Lipinski definition) is 1. The van der Waals surface area contributed by atoms with Crippen LogP contribution in [0, 0.1) is 0 Å². The molecule has 2 aromatic carbocycles. The topological polar surface area (TPSA) is 29.1 Å². The summed E-state index contributed by atoms with van der Waals surface area (Å²) in [5.41, 5.74) is 1.64. The number of nitrogens with one attached hydrogen (secondary N) is 1. The summed E-state index contributed by atoms with van der Waals surface area (Å²) in [6.07, 6.45) is 1.72. The van der Waals surface area contributed by atoms with Gasteiger partial charge in [0.1, 0.15) is 0 Å². The maximum Gasteiger partial charge on any atom is 0.252 e. The average Bonchev–Trinajstić information content (AvgIpc) is 2.53. The van der Waals surface area contributed by atoms with Crippen LogP contribution in [0.1, 0.15) is 19.8 Å². The SMILES string of the molecule is CCC/C(=C/Sc1ccccc1)C(=O)Nc1ccccc1. The van der Waals surface area contributed by atoms with Crippen LogP contribution in [0.25, 0.3) is 0 Å². The second-order valence-corrected chi connectivity index (χ2v) is 5.59. The molecule has 0 fully saturated rings. The lowest BCUT2D eigenvalue weighted by molar-refractivity contribution is -0.113. The quantitative estimate of drug-likeness (QED) is 0.593. The molecular formula is C18H19NOS. The third-order valence-corrected chi connectivity index (χ3v) is 3.87. The molecular weight excluding hydrogens is 278 g/mol. The Balaban J connectivity index is 2.05. The van der Waals surface area contributed by atoms with Crippen molar-refractivity contribution in [2.75, 3.05) is 5.32 Å². The Labute approximate surface area is 130 Å². The second kappa shape index (κ2) is 8.32. The summed E-state index contributed by atoms with van der Waals surface area (Å²) < 4.78 is 0. The van der Waals surface area contributed by atoms with E-state index in [1.165, 1.54) is 0 Å². The van der Waals surface area contributed by atoms with Gasteiger partial charge in [0, 0.05) is 16.2 Å². The molecule has 1 N–H and O–H groups in total. The van der Waals surface area contributed by atoms with Crippen molar-refractivity contribution in [3.8, 4) is 0 Å². The number of para-hydroxylation sites is 1. The Kier molecular flexibility index (Phi) is 6.10. The predicted octanol–water partition coefficient (Wildman–Crippen LogP) is 5.10. The number of hydrogen-bond acceptors (Lipinski definition) is 2. The van der Waals surface area contributed by atoms with Crippen LogP contribution >= 0.6 is 11.8 Å². The molecule has 0 radical (unpaired) electrons. The Morgan fingerprint density at radius 2 is 1.67 bits per heavy atom. The molecule has 2 rings (SSSR count). The molecule has 0 saturated heterocycles. The zero-order valence-corrected chi connectivity index (χ0v) is 12.9. The molecule has 108 valence electrons. The van der Waals surface area contributed by atoms with Crippen molar-refractivity contribution in [1.82, 2.24) is 0 Å². The molecule has 0 heterocycles. The van der Waals surface area contributed by atoms with E-state index >= 15 is 0 Å². The fraction of sp³-hybridized carbons (Fsp3) is 0.167. The van der Waals surface area contributed by atoms with E-state index in [9.17, 15) is 4.79 Å². The monoisotopic (exact) mass is 297 g/mol. The first kappa shape index (κ1) is 15.4. The van der Waals surface area contributed by atoms with E-state index in [-0.39, 0.29) is 5.91 Å². The van der Waals surface area contributed by atoms with Gasteiger partial charge in [-0.15, -0.1) is 0 Å². The van der Waals surface area contributed by atoms with Gasteiger partial charge in [0.2, 0.25) is 0 Å². The summed E-state index contributed by atoms with van der Waals surface area (Å²) in [4.78, 5) is 13.5. The van der Waals surface area contributed by atoms with Gasteiger partial charge in [0.15, 0.2) is 0 Å². The molecule has 0 spiro atoms. The molecule has 0 saturated carbocycles. The van der Waals surface area contributed by atoms with Crippen molar-refractivity contribution < 1.29 is 4.79 Å².